The Bertz CT molecular complexity index is 1020. The molecule has 0 fully saturated rings. The van der Waals surface area contributed by atoms with Gasteiger partial charge in [0.15, 0.2) is 0 Å². The molecule has 0 saturated carbocycles. The summed E-state index contributed by atoms with van der Waals surface area (Å²) >= 11 is 1.45. The monoisotopic (exact) mass is 346 g/mol. The summed E-state index contributed by atoms with van der Waals surface area (Å²) in [5.41, 5.74) is 7.55. The number of rotatable bonds is 4. The molecule has 0 amide bonds. The second kappa shape index (κ2) is 6.78. The van der Waals surface area contributed by atoms with Gasteiger partial charge in [0.1, 0.15) is 22.8 Å². The second-order valence-corrected chi connectivity index (χ2v) is 6.28. The average molecular weight is 346 g/mol. The number of hydrogen-bond donors (Lipinski definition) is 1. The first-order valence-electron chi connectivity index (χ1n) is 7.66. The van der Waals surface area contributed by atoms with E-state index in [1.54, 1.807) is 6.20 Å². The minimum Gasteiger partial charge on any atom is -0.437 e. The topological polar surface area (TPSA) is 73.9 Å². The van der Waals surface area contributed by atoms with Gasteiger partial charge >= 0.3 is 0 Å². The fourth-order valence-electron chi connectivity index (χ4n) is 2.39. The maximum Gasteiger partial charge on any atom is 0.247 e. The van der Waals surface area contributed by atoms with E-state index < -0.39 is 0 Å². The molecule has 2 aromatic heterocycles. The van der Waals surface area contributed by atoms with Crippen molar-refractivity contribution in [2.24, 2.45) is 0 Å². The standard InChI is InChI=1S/C19H14N4OS/c20-16-18(24-14-8-2-1-3-9-14)22-12-23-19(16)25-15-10-4-6-13-7-5-11-21-17(13)15/h1-12H,20H2. The van der Waals surface area contributed by atoms with Crippen LogP contribution in [0.1, 0.15) is 0 Å². The molecular weight excluding hydrogens is 332 g/mol. The second-order valence-electron chi connectivity index (χ2n) is 5.25. The Kier molecular flexibility index (Phi) is 4.18. The quantitative estimate of drug-likeness (QED) is 0.546. The molecular formula is C19H14N4OS. The van der Waals surface area contributed by atoms with Gasteiger partial charge in [-0.3, -0.25) is 4.98 Å². The number of fused-ring (bicyclic) bond motifs is 1. The van der Waals surface area contributed by atoms with Crippen LogP contribution in [0.5, 0.6) is 11.6 Å². The molecule has 2 aromatic carbocycles. The number of pyridine rings is 1. The molecule has 2 N–H and O–H groups in total. The lowest BCUT2D eigenvalue weighted by molar-refractivity contribution is 0.462. The van der Waals surface area contributed by atoms with Crippen LogP contribution in [0, 0.1) is 0 Å². The number of hydrogen-bond acceptors (Lipinski definition) is 6. The number of aromatic nitrogens is 3. The largest absolute Gasteiger partial charge is 0.437 e. The van der Waals surface area contributed by atoms with Gasteiger partial charge in [-0.15, -0.1) is 0 Å². The first-order valence-corrected chi connectivity index (χ1v) is 8.48. The maximum atomic E-state index is 6.23. The minimum atomic E-state index is 0.344. The summed E-state index contributed by atoms with van der Waals surface area (Å²) in [5.74, 6) is 1.02. The predicted molar refractivity (Wildman–Crippen MR) is 98.8 cm³/mol. The van der Waals surface area contributed by atoms with Gasteiger partial charge in [-0.1, -0.05) is 48.2 Å². The van der Waals surface area contributed by atoms with E-state index in [1.807, 2.05) is 60.7 Å². The zero-order valence-electron chi connectivity index (χ0n) is 13.2. The van der Waals surface area contributed by atoms with E-state index >= 15 is 0 Å². The molecule has 0 radical (unpaired) electrons. The van der Waals surface area contributed by atoms with E-state index in [2.05, 4.69) is 15.0 Å². The van der Waals surface area contributed by atoms with Crippen molar-refractivity contribution < 1.29 is 4.74 Å². The molecule has 122 valence electrons. The highest BCUT2D eigenvalue weighted by Crippen LogP contribution is 2.37. The molecule has 0 atom stereocenters. The number of anilines is 1. The van der Waals surface area contributed by atoms with Crippen molar-refractivity contribution in [1.82, 2.24) is 15.0 Å². The van der Waals surface area contributed by atoms with Crippen LogP contribution in [0.25, 0.3) is 10.9 Å². The lowest BCUT2D eigenvalue weighted by atomic mass is 10.2. The van der Waals surface area contributed by atoms with Gasteiger partial charge in [0.25, 0.3) is 0 Å². The Morgan fingerprint density at radius 1 is 0.840 bits per heavy atom. The Labute approximate surface area is 148 Å². The van der Waals surface area contributed by atoms with Crippen LogP contribution in [0.2, 0.25) is 0 Å². The molecule has 0 unspecified atom stereocenters. The third-order valence-corrected chi connectivity index (χ3v) is 4.64. The van der Waals surface area contributed by atoms with E-state index in [-0.39, 0.29) is 0 Å². The van der Waals surface area contributed by atoms with Crippen molar-refractivity contribution in [1.29, 1.82) is 0 Å². The van der Waals surface area contributed by atoms with Crippen molar-refractivity contribution >= 4 is 28.4 Å². The van der Waals surface area contributed by atoms with Gasteiger partial charge in [0.05, 0.1) is 5.52 Å². The Morgan fingerprint density at radius 2 is 1.68 bits per heavy atom. The number of nitrogen functional groups attached to an aromatic ring is 1. The SMILES string of the molecule is Nc1c(Oc2ccccc2)ncnc1Sc1cccc2cccnc12. The smallest absolute Gasteiger partial charge is 0.247 e. The van der Waals surface area contributed by atoms with E-state index in [0.717, 1.165) is 15.8 Å². The van der Waals surface area contributed by atoms with Crippen molar-refractivity contribution in [2.75, 3.05) is 5.73 Å². The molecule has 0 aliphatic carbocycles. The van der Waals surface area contributed by atoms with Crippen LogP contribution in [-0.4, -0.2) is 15.0 Å². The molecule has 6 heteroatoms. The molecule has 0 saturated heterocycles. The molecule has 0 bridgehead atoms. The summed E-state index contributed by atoms with van der Waals surface area (Å²) in [6, 6.07) is 19.4. The van der Waals surface area contributed by atoms with E-state index in [9.17, 15) is 0 Å². The van der Waals surface area contributed by atoms with Gasteiger partial charge in [0.2, 0.25) is 5.88 Å². The summed E-state index contributed by atoms with van der Waals surface area (Å²) < 4.78 is 5.77. The molecule has 4 rings (SSSR count). The van der Waals surface area contributed by atoms with Crippen molar-refractivity contribution in [3.05, 3.63) is 73.2 Å². The molecule has 5 nitrogen and oxygen atoms in total. The highest BCUT2D eigenvalue weighted by Gasteiger charge is 2.13. The molecule has 0 spiro atoms. The van der Waals surface area contributed by atoms with Crippen molar-refractivity contribution in [3.63, 3.8) is 0 Å². The van der Waals surface area contributed by atoms with Crippen LogP contribution >= 0.6 is 11.8 Å². The number of para-hydroxylation sites is 2. The number of ether oxygens (including phenoxy) is 1. The summed E-state index contributed by atoms with van der Waals surface area (Å²) in [6.45, 7) is 0. The zero-order chi connectivity index (χ0) is 17.1. The summed E-state index contributed by atoms with van der Waals surface area (Å²) in [6.07, 6.45) is 3.23. The Hall–Kier alpha value is -3.12. The average Bonchev–Trinajstić information content (AvgIpc) is 2.66. The first-order chi connectivity index (χ1) is 12.3. The normalized spacial score (nSPS) is 10.7. The summed E-state index contributed by atoms with van der Waals surface area (Å²) in [4.78, 5) is 13.9. The Morgan fingerprint density at radius 3 is 2.56 bits per heavy atom. The van der Waals surface area contributed by atoms with E-state index in [1.165, 1.54) is 18.1 Å². The van der Waals surface area contributed by atoms with Crippen LogP contribution < -0.4 is 10.5 Å². The highest BCUT2D eigenvalue weighted by molar-refractivity contribution is 7.99. The van der Waals surface area contributed by atoms with Gasteiger partial charge in [-0.25, -0.2) is 4.98 Å². The van der Waals surface area contributed by atoms with E-state index in [0.29, 0.717) is 22.3 Å². The van der Waals surface area contributed by atoms with Crippen LogP contribution in [0.15, 0.2) is 83.1 Å². The highest BCUT2D eigenvalue weighted by atomic mass is 32.2. The third-order valence-electron chi connectivity index (χ3n) is 3.57. The van der Waals surface area contributed by atoms with Crippen molar-refractivity contribution in [2.45, 2.75) is 9.92 Å². The fraction of sp³-hybridized carbons (Fsp3) is 0. The number of nitrogens with zero attached hydrogens (tertiary/aromatic N) is 3. The fourth-order valence-corrected chi connectivity index (χ4v) is 3.31. The predicted octanol–water partition coefficient (Wildman–Crippen LogP) is 4.55. The molecule has 0 aliphatic heterocycles. The lowest BCUT2D eigenvalue weighted by Crippen LogP contribution is -1.99. The summed E-state index contributed by atoms with van der Waals surface area (Å²) in [5, 5.41) is 1.71. The van der Waals surface area contributed by atoms with Crippen LogP contribution in [0.4, 0.5) is 5.69 Å². The molecule has 4 aromatic rings. The van der Waals surface area contributed by atoms with Gasteiger partial charge < -0.3 is 10.5 Å². The zero-order valence-corrected chi connectivity index (χ0v) is 14.0. The lowest BCUT2D eigenvalue weighted by Gasteiger charge is -2.10. The number of benzene rings is 2. The first kappa shape index (κ1) is 15.4. The number of nitrogens with two attached hydrogens (primary N) is 1. The molecule has 25 heavy (non-hydrogen) atoms. The summed E-state index contributed by atoms with van der Waals surface area (Å²) in [7, 11) is 0. The van der Waals surface area contributed by atoms with Crippen molar-refractivity contribution in [3.8, 4) is 11.6 Å². The third kappa shape index (κ3) is 3.25. The van der Waals surface area contributed by atoms with Crippen LogP contribution in [0.3, 0.4) is 0 Å². The minimum absolute atomic E-state index is 0.344. The van der Waals surface area contributed by atoms with Gasteiger partial charge in [0, 0.05) is 16.5 Å². The van der Waals surface area contributed by atoms with Gasteiger partial charge in [-0.2, -0.15) is 4.98 Å². The maximum absolute atomic E-state index is 6.23. The van der Waals surface area contributed by atoms with Gasteiger partial charge in [-0.05, 0) is 24.3 Å². The Balaban J connectivity index is 1.68. The molecule has 0 aliphatic rings. The van der Waals surface area contributed by atoms with E-state index in [4.69, 9.17) is 10.5 Å². The van der Waals surface area contributed by atoms with Crippen LogP contribution in [-0.2, 0) is 0 Å². The molecule has 2 heterocycles.